The summed E-state index contributed by atoms with van der Waals surface area (Å²) in [6.07, 6.45) is 0. The summed E-state index contributed by atoms with van der Waals surface area (Å²) in [7, 11) is 1.80. The minimum absolute atomic E-state index is 0.0800. The van der Waals surface area contributed by atoms with Crippen molar-refractivity contribution in [3.8, 4) is 11.8 Å². The van der Waals surface area contributed by atoms with E-state index in [1.807, 2.05) is 0 Å². The Labute approximate surface area is 76.3 Å². The molecule has 0 aliphatic rings. The van der Waals surface area contributed by atoms with Crippen LogP contribution in [0.25, 0.3) is 0 Å². The molecular weight excluding hydrogens is 192 g/mol. The molecule has 0 aromatic heterocycles. The molecule has 66 valence electrons. The average molecular weight is 197 g/mol. The molecule has 13 heavy (non-hydrogen) atoms. The monoisotopic (exact) mass is 197 g/mol. The summed E-state index contributed by atoms with van der Waals surface area (Å²) in [4.78, 5) is 10.4. The number of ether oxygens (including phenoxy) is 1. The second kappa shape index (κ2) is 3.97. The van der Waals surface area contributed by atoms with Crippen molar-refractivity contribution in [2.75, 3.05) is 0 Å². The fourth-order valence-corrected chi connectivity index (χ4v) is 0.902. The van der Waals surface area contributed by atoms with E-state index in [1.54, 1.807) is 15.3 Å². The van der Waals surface area contributed by atoms with Crippen LogP contribution in [0.4, 0.5) is 9.18 Å². The Balaban J connectivity index is 2.97. The summed E-state index contributed by atoms with van der Waals surface area (Å²) in [6.45, 7) is 0. The first kappa shape index (κ1) is 9.63. The van der Waals surface area contributed by atoms with Crippen molar-refractivity contribution in [2.45, 2.75) is 0 Å². The van der Waals surface area contributed by atoms with Gasteiger partial charge in [0.1, 0.15) is 17.6 Å². The first-order valence-electron chi connectivity index (χ1n) is 3.30. The van der Waals surface area contributed by atoms with Crippen LogP contribution in [0.2, 0.25) is 0 Å². The summed E-state index contributed by atoms with van der Waals surface area (Å²) in [5.74, 6) is -0.622. The third kappa shape index (κ3) is 2.50. The molecule has 0 N–H and O–H groups in total. The lowest BCUT2D eigenvalue weighted by atomic mass is 10.2. The average Bonchev–Trinajstić information content (AvgIpc) is 2.03. The van der Waals surface area contributed by atoms with Crippen LogP contribution in [-0.4, -0.2) is 5.71 Å². The van der Waals surface area contributed by atoms with E-state index in [-0.39, 0.29) is 11.3 Å². The molecule has 3 nitrogen and oxygen atoms in total. The number of carbonyl (C=O) groups excluding carboxylic acids is 1. The van der Waals surface area contributed by atoms with Gasteiger partial charge in [0.25, 0.3) is 0 Å². The molecule has 1 unspecified atom stereocenters. The molecule has 0 fully saturated rings. The zero-order chi connectivity index (χ0) is 9.84. The quantitative estimate of drug-likeness (QED) is 0.647. The Hall–Kier alpha value is -1.46. The second-order valence-electron chi connectivity index (χ2n) is 2.17. The highest BCUT2D eigenvalue weighted by atomic mass is 31.0. The van der Waals surface area contributed by atoms with Crippen LogP contribution >= 0.6 is 9.24 Å². The maximum absolute atomic E-state index is 12.9. The van der Waals surface area contributed by atoms with Gasteiger partial charge < -0.3 is 4.74 Å². The topological polar surface area (TPSA) is 50.1 Å². The predicted molar refractivity (Wildman–Crippen MR) is 46.8 cm³/mol. The smallest absolute Gasteiger partial charge is 0.325 e. The van der Waals surface area contributed by atoms with E-state index in [4.69, 9.17) is 5.26 Å². The van der Waals surface area contributed by atoms with E-state index in [0.29, 0.717) is 0 Å². The number of halogens is 1. The van der Waals surface area contributed by atoms with Crippen molar-refractivity contribution in [1.29, 1.82) is 5.26 Å². The number of hydrogen-bond donors (Lipinski definition) is 0. The molecule has 0 amide bonds. The third-order valence-corrected chi connectivity index (χ3v) is 1.40. The van der Waals surface area contributed by atoms with Crippen molar-refractivity contribution in [1.82, 2.24) is 0 Å². The summed E-state index contributed by atoms with van der Waals surface area (Å²) in [5.41, 5.74) is -0.687. The number of hydrogen-bond acceptors (Lipinski definition) is 3. The van der Waals surface area contributed by atoms with Crippen LogP contribution < -0.4 is 4.74 Å². The minimum Gasteiger partial charge on any atom is -0.424 e. The number of rotatable bonds is 1. The lowest BCUT2D eigenvalue weighted by Crippen LogP contribution is -1.96. The van der Waals surface area contributed by atoms with Gasteiger partial charge in [-0.2, -0.15) is 5.26 Å². The van der Waals surface area contributed by atoms with Crippen LogP contribution in [0, 0.1) is 17.1 Å². The molecule has 1 aromatic rings. The Bertz CT molecular complexity index is 386. The van der Waals surface area contributed by atoms with E-state index >= 15 is 0 Å². The maximum atomic E-state index is 12.9. The minimum atomic E-state index is -0.703. The van der Waals surface area contributed by atoms with E-state index in [2.05, 4.69) is 4.74 Å². The molecular formula is C8H5FNO2P. The SMILES string of the molecule is N#Cc1ccc(OC(=O)P)cc1F. The molecule has 0 spiro atoms. The number of carbonyl (C=O) groups is 1. The van der Waals surface area contributed by atoms with Gasteiger partial charge in [-0.3, -0.25) is 0 Å². The zero-order valence-electron chi connectivity index (χ0n) is 6.45. The molecule has 0 aliphatic heterocycles. The van der Waals surface area contributed by atoms with E-state index < -0.39 is 11.5 Å². The fraction of sp³-hybridized carbons (Fsp3) is 0. The molecule has 1 atom stereocenters. The van der Waals surface area contributed by atoms with Crippen molar-refractivity contribution < 1.29 is 13.9 Å². The van der Waals surface area contributed by atoms with Gasteiger partial charge in [-0.25, -0.2) is 9.18 Å². The van der Waals surface area contributed by atoms with Gasteiger partial charge in [-0.1, -0.05) is 0 Å². The zero-order valence-corrected chi connectivity index (χ0v) is 7.61. The van der Waals surface area contributed by atoms with Gasteiger partial charge in [0.05, 0.1) is 5.56 Å². The van der Waals surface area contributed by atoms with Gasteiger partial charge in [0.2, 0.25) is 0 Å². The standard InChI is InChI=1S/C8H5FNO2P/c9-7-3-6(12-8(11)13)2-1-5(7)4-10/h1-3H,13H2. The second-order valence-corrected chi connectivity index (χ2v) is 2.65. The van der Waals surface area contributed by atoms with Crippen LogP contribution in [0.3, 0.4) is 0 Å². The van der Waals surface area contributed by atoms with Gasteiger partial charge >= 0.3 is 5.71 Å². The summed E-state index contributed by atoms with van der Waals surface area (Å²) in [6, 6.07) is 5.24. The van der Waals surface area contributed by atoms with Gasteiger partial charge in [0, 0.05) is 6.07 Å². The molecule has 0 heterocycles. The molecule has 5 heteroatoms. The van der Waals surface area contributed by atoms with Crippen molar-refractivity contribution in [2.24, 2.45) is 0 Å². The lowest BCUT2D eigenvalue weighted by molar-refractivity contribution is 0.227. The maximum Gasteiger partial charge on any atom is 0.325 e. The van der Waals surface area contributed by atoms with Crippen molar-refractivity contribution in [3.63, 3.8) is 0 Å². The highest BCUT2D eigenvalue weighted by Gasteiger charge is 2.04. The first-order valence-corrected chi connectivity index (χ1v) is 3.88. The first-order chi connectivity index (χ1) is 6.13. The van der Waals surface area contributed by atoms with E-state index in [0.717, 1.165) is 6.07 Å². The van der Waals surface area contributed by atoms with Gasteiger partial charge in [0.15, 0.2) is 0 Å². The Kier molecular flexibility index (Phi) is 2.94. The third-order valence-electron chi connectivity index (χ3n) is 1.28. The van der Waals surface area contributed by atoms with Crippen molar-refractivity contribution >= 4 is 15.0 Å². The Morgan fingerprint density at radius 3 is 2.77 bits per heavy atom. The Morgan fingerprint density at radius 1 is 1.62 bits per heavy atom. The van der Waals surface area contributed by atoms with Gasteiger partial charge in [-0.15, -0.1) is 0 Å². The fourth-order valence-electron chi connectivity index (χ4n) is 0.766. The number of benzene rings is 1. The van der Waals surface area contributed by atoms with Crippen molar-refractivity contribution in [3.05, 3.63) is 29.6 Å². The normalized spacial score (nSPS) is 9.00. The summed E-state index contributed by atoms with van der Waals surface area (Å²) < 4.78 is 17.4. The largest absolute Gasteiger partial charge is 0.424 e. The van der Waals surface area contributed by atoms with Crippen LogP contribution in [0.15, 0.2) is 18.2 Å². The molecule has 0 radical (unpaired) electrons. The highest BCUT2D eigenvalue weighted by Crippen LogP contribution is 2.16. The molecule has 0 aliphatic carbocycles. The van der Waals surface area contributed by atoms with Crippen LogP contribution in [0.5, 0.6) is 5.75 Å². The number of nitrogens with zero attached hydrogens (tertiary/aromatic N) is 1. The van der Waals surface area contributed by atoms with E-state index in [1.165, 1.54) is 12.1 Å². The lowest BCUT2D eigenvalue weighted by Gasteiger charge is -2.00. The molecule has 1 aromatic carbocycles. The van der Waals surface area contributed by atoms with Crippen LogP contribution in [-0.2, 0) is 0 Å². The molecule has 0 bridgehead atoms. The van der Waals surface area contributed by atoms with Gasteiger partial charge in [-0.05, 0) is 21.4 Å². The van der Waals surface area contributed by atoms with Crippen LogP contribution in [0.1, 0.15) is 5.56 Å². The number of nitriles is 1. The Morgan fingerprint density at radius 2 is 2.31 bits per heavy atom. The summed E-state index contributed by atoms with van der Waals surface area (Å²) >= 11 is 0. The summed E-state index contributed by atoms with van der Waals surface area (Å²) in [5, 5.41) is 8.39. The highest BCUT2D eigenvalue weighted by molar-refractivity contribution is 7.39. The molecule has 0 saturated heterocycles. The predicted octanol–water partition coefficient (Wildman–Crippen LogP) is 2.07. The molecule has 0 saturated carbocycles. The van der Waals surface area contributed by atoms with E-state index in [9.17, 15) is 9.18 Å². The molecule has 1 rings (SSSR count).